The van der Waals surface area contributed by atoms with Gasteiger partial charge in [0.15, 0.2) is 0 Å². The van der Waals surface area contributed by atoms with Crippen LogP contribution in [-0.2, 0) is 6.42 Å². The van der Waals surface area contributed by atoms with Crippen LogP contribution in [0, 0.1) is 5.82 Å². The van der Waals surface area contributed by atoms with Crippen molar-refractivity contribution in [2.75, 3.05) is 18.0 Å². The fraction of sp³-hybridized carbons (Fsp3) is 0.267. The average Bonchev–Trinajstić information content (AvgIpc) is 2.84. The molecular weight excluding hydrogens is 241 g/mol. The summed E-state index contributed by atoms with van der Waals surface area (Å²) in [7, 11) is 0. The third kappa shape index (κ3) is 2.19. The summed E-state index contributed by atoms with van der Waals surface area (Å²) in [6, 6.07) is 8.95. The minimum Gasteiger partial charge on any atom is -0.363 e. The molecule has 98 valence electrons. The van der Waals surface area contributed by atoms with E-state index in [9.17, 15) is 4.39 Å². The lowest BCUT2D eigenvalue weighted by Gasteiger charge is -2.29. The van der Waals surface area contributed by atoms with E-state index in [0.29, 0.717) is 6.54 Å². The number of fused-ring (bicyclic) bond motifs is 1. The summed E-state index contributed by atoms with van der Waals surface area (Å²) >= 11 is 0. The number of halogens is 1. The molecule has 2 heterocycles. The lowest BCUT2D eigenvalue weighted by molar-refractivity contribution is 0.621. The molecule has 1 aromatic heterocycles. The van der Waals surface area contributed by atoms with Crippen molar-refractivity contribution in [2.45, 2.75) is 12.5 Å². The molecule has 19 heavy (non-hydrogen) atoms. The van der Waals surface area contributed by atoms with E-state index in [1.165, 1.54) is 11.6 Å². The van der Waals surface area contributed by atoms with Crippen LogP contribution in [0.2, 0.25) is 0 Å². The van der Waals surface area contributed by atoms with Gasteiger partial charge in [-0.15, -0.1) is 0 Å². The van der Waals surface area contributed by atoms with Crippen molar-refractivity contribution >= 4 is 5.69 Å². The Bertz CT molecular complexity index is 571. The van der Waals surface area contributed by atoms with E-state index in [1.54, 1.807) is 12.3 Å². The first-order valence-electron chi connectivity index (χ1n) is 6.44. The summed E-state index contributed by atoms with van der Waals surface area (Å²) in [4.78, 5) is 6.32. The first-order chi connectivity index (χ1) is 9.29. The summed E-state index contributed by atoms with van der Waals surface area (Å²) in [5, 5.41) is 0. The normalized spacial score (nSPS) is 15.4. The van der Waals surface area contributed by atoms with Gasteiger partial charge in [0.05, 0.1) is 6.04 Å². The van der Waals surface area contributed by atoms with Crippen molar-refractivity contribution in [1.29, 1.82) is 0 Å². The molecule has 1 aromatic carbocycles. The van der Waals surface area contributed by atoms with Crippen LogP contribution < -0.4 is 10.6 Å². The Morgan fingerprint density at radius 1 is 1.37 bits per heavy atom. The van der Waals surface area contributed by atoms with Gasteiger partial charge in [-0.25, -0.2) is 4.39 Å². The Balaban J connectivity index is 1.97. The van der Waals surface area contributed by atoms with Crippen LogP contribution in [0.3, 0.4) is 0 Å². The zero-order chi connectivity index (χ0) is 13.2. The molecule has 1 aliphatic heterocycles. The summed E-state index contributed by atoms with van der Waals surface area (Å²) in [5.74, 6) is -0.201. The Hall–Kier alpha value is -1.94. The number of aromatic nitrogens is 1. The van der Waals surface area contributed by atoms with Crippen molar-refractivity contribution in [2.24, 2.45) is 5.73 Å². The zero-order valence-electron chi connectivity index (χ0n) is 10.6. The number of nitrogens with two attached hydrogens (primary N) is 1. The molecule has 3 rings (SSSR count). The van der Waals surface area contributed by atoms with Crippen LogP contribution in [0.5, 0.6) is 0 Å². The third-order valence-corrected chi connectivity index (χ3v) is 3.65. The maximum atomic E-state index is 13.4. The molecule has 4 heteroatoms. The third-order valence-electron chi connectivity index (χ3n) is 3.65. The number of nitrogens with zero attached hydrogens (tertiary/aromatic N) is 2. The van der Waals surface area contributed by atoms with Crippen LogP contribution in [0.25, 0.3) is 0 Å². The summed E-state index contributed by atoms with van der Waals surface area (Å²) in [6.07, 6.45) is 4.51. The smallest absolute Gasteiger partial charge is 0.125 e. The maximum absolute atomic E-state index is 13.4. The van der Waals surface area contributed by atoms with E-state index in [4.69, 9.17) is 5.73 Å². The van der Waals surface area contributed by atoms with Crippen LogP contribution in [0.1, 0.15) is 17.2 Å². The Kier molecular flexibility index (Phi) is 3.17. The van der Waals surface area contributed by atoms with E-state index in [-0.39, 0.29) is 11.9 Å². The minimum atomic E-state index is -0.201. The quantitative estimate of drug-likeness (QED) is 0.917. The second-order valence-electron chi connectivity index (χ2n) is 4.75. The molecule has 2 N–H and O–H groups in total. The standard InChI is InChI=1S/C15H16FN3/c16-13-4-3-11-5-7-19(14(11)8-13)15(9-17)12-2-1-6-18-10-12/h1-4,6,8,10,15H,5,7,9,17H2. The molecule has 3 nitrogen and oxygen atoms in total. The van der Waals surface area contributed by atoms with Gasteiger partial charge in [0.25, 0.3) is 0 Å². The van der Waals surface area contributed by atoms with Crippen molar-refractivity contribution in [3.05, 3.63) is 59.7 Å². The first kappa shape index (κ1) is 12.1. The highest BCUT2D eigenvalue weighted by Gasteiger charge is 2.26. The number of hydrogen-bond donors (Lipinski definition) is 1. The highest BCUT2D eigenvalue weighted by molar-refractivity contribution is 5.59. The predicted octanol–water partition coefficient (Wildman–Crippen LogP) is 2.28. The van der Waals surface area contributed by atoms with Gasteiger partial charge in [-0.1, -0.05) is 12.1 Å². The SMILES string of the molecule is NCC(c1cccnc1)N1CCc2ccc(F)cc21. The molecule has 0 saturated carbocycles. The average molecular weight is 257 g/mol. The Morgan fingerprint density at radius 3 is 3.00 bits per heavy atom. The van der Waals surface area contributed by atoms with Crippen molar-refractivity contribution in [3.63, 3.8) is 0 Å². The summed E-state index contributed by atoms with van der Waals surface area (Å²) in [6.45, 7) is 1.36. The van der Waals surface area contributed by atoms with Crippen LogP contribution in [-0.4, -0.2) is 18.1 Å². The van der Waals surface area contributed by atoms with Gasteiger partial charge in [0.2, 0.25) is 0 Å². The molecule has 0 radical (unpaired) electrons. The second-order valence-corrected chi connectivity index (χ2v) is 4.75. The molecule has 1 unspecified atom stereocenters. The molecule has 2 aromatic rings. The molecule has 0 bridgehead atoms. The molecule has 1 aliphatic rings. The number of rotatable bonds is 3. The minimum absolute atomic E-state index is 0.0525. The monoisotopic (exact) mass is 257 g/mol. The van der Waals surface area contributed by atoms with Crippen LogP contribution in [0.4, 0.5) is 10.1 Å². The van der Waals surface area contributed by atoms with Gasteiger partial charge < -0.3 is 10.6 Å². The molecule has 0 amide bonds. The zero-order valence-corrected chi connectivity index (χ0v) is 10.6. The highest BCUT2D eigenvalue weighted by Crippen LogP contribution is 2.34. The van der Waals surface area contributed by atoms with Crippen LogP contribution >= 0.6 is 0 Å². The van der Waals surface area contributed by atoms with E-state index >= 15 is 0 Å². The van der Waals surface area contributed by atoms with Crippen molar-refractivity contribution in [1.82, 2.24) is 4.98 Å². The van der Waals surface area contributed by atoms with Gasteiger partial charge >= 0.3 is 0 Å². The maximum Gasteiger partial charge on any atom is 0.125 e. The van der Waals surface area contributed by atoms with Crippen LogP contribution in [0.15, 0.2) is 42.7 Å². The Morgan fingerprint density at radius 2 is 2.26 bits per heavy atom. The van der Waals surface area contributed by atoms with E-state index in [1.807, 2.05) is 24.4 Å². The van der Waals surface area contributed by atoms with Gasteiger partial charge in [0.1, 0.15) is 5.82 Å². The summed E-state index contributed by atoms with van der Waals surface area (Å²) in [5.41, 5.74) is 9.13. The summed E-state index contributed by atoms with van der Waals surface area (Å²) < 4.78 is 13.4. The number of pyridine rings is 1. The lowest BCUT2D eigenvalue weighted by atomic mass is 10.1. The Labute approximate surface area is 111 Å². The predicted molar refractivity (Wildman–Crippen MR) is 73.5 cm³/mol. The molecule has 0 spiro atoms. The van der Waals surface area contributed by atoms with E-state index < -0.39 is 0 Å². The second kappa shape index (κ2) is 4.97. The molecule has 1 atom stereocenters. The molecular formula is C15H16FN3. The lowest BCUT2D eigenvalue weighted by Crippen LogP contribution is -2.32. The largest absolute Gasteiger partial charge is 0.363 e. The fourth-order valence-corrected chi connectivity index (χ4v) is 2.72. The molecule has 0 fully saturated rings. The number of benzene rings is 1. The molecule has 0 aliphatic carbocycles. The van der Waals surface area contributed by atoms with Gasteiger partial charge in [0, 0.05) is 31.2 Å². The number of anilines is 1. The number of hydrogen-bond acceptors (Lipinski definition) is 3. The van der Waals surface area contributed by atoms with E-state index in [2.05, 4.69) is 9.88 Å². The molecule has 0 saturated heterocycles. The topological polar surface area (TPSA) is 42.1 Å². The van der Waals surface area contributed by atoms with Gasteiger partial charge in [-0.05, 0) is 35.7 Å². The fourth-order valence-electron chi connectivity index (χ4n) is 2.72. The highest BCUT2D eigenvalue weighted by atomic mass is 19.1. The van der Waals surface area contributed by atoms with E-state index in [0.717, 1.165) is 24.2 Å². The van der Waals surface area contributed by atoms with Gasteiger partial charge in [-0.2, -0.15) is 0 Å². The van der Waals surface area contributed by atoms with Gasteiger partial charge in [-0.3, -0.25) is 4.98 Å². The van der Waals surface area contributed by atoms with Crippen molar-refractivity contribution < 1.29 is 4.39 Å². The van der Waals surface area contributed by atoms with Crippen molar-refractivity contribution in [3.8, 4) is 0 Å². The first-order valence-corrected chi connectivity index (χ1v) is 6.44.